The maximum atomic E-state index is 14.0. The zero-order valence-corrected chi connectivity index (χ0v) is 20.9. The molecule has 1 aliphatic carbocycles. The zero-order valence-electron chi connectivity index (χ0n) is 20.9. The third-order valence-corrected chi connectivity index (χ3v) is 7.91. The molecular formula is C29H32FN5O2. The van der Waals surface area contributed by atoms with Gasteiger partial charge in [-0.1, -0.05) is 43.5 Å². The molecule has 1 aromatic heterocycles. The Morgan fingerprint density at radius 1 is 1.05 bits per heavy atom. The summed E-state index contributed by atoms with van der Waals surface area (Å²) in [5.74, 6) is -0.127. The van der Waals surface area contributed by atoms with Crippen LogP contribution in [0.15, 0.2) is 55.0 Å². The Morgan fingerprint density at radius 2 is 1.81 bits per heavy atom. The molecule has 3 aromatic rings. The molecule has 7 nitrogen and oxygen atoms in total. The summed E-state index contributed by atoms with van der Waals surface area (Å²) in [6.45, 7) is 3.83. The van der Waals surface area contributed by atoms with Gasteiger partial charge in [0.25, 0.3) is 0 Å². The molecule has 1 amide bonds. The number of amides is 1. The van der Waals surface area contributed by atoms with Crippen molar-refractivity contribution in [3.63, 3.8) is 0 Å². The number of phenols is 1. The fourth-order valence-electron chi connectivity index (χ4n) is 5.86. The number of piperazine rings is 1. The van der Waals surface area contributed by atoms with Crippen molar-refractivity contribution in [3.05, 3.63) is 83.2 Å². The molecule has 0 atom stereocenters. The summed E-state index contributed by atoms with van der Waals surface area (Å²) in [6, 6.07) is 13.9. The van der Waals surface area contributed by atoms with Gasteiger partial charge in [0.05, 0.1) is 29.5 Å². The molecule has 0 unspecified atom stereocenters. The van der Waals surface area contributed by atoms with Gasteiger partial charge < -0.3 is 14.6 Å². The standard InChI is InChI=1S/C29H32FN5O2/c30-27-9-4-6-22(26(27)17-31)19-35-21-32-18-24(35)20-33-12-14-34(15-13-33)28(37)29(10-2-1-3-11-29)23-7-5-8-25(36)16-23/h4-9,16,18,21,36H,1-3,10-15,19-20H2. The predicted molar refractivity (Wildman–Crippen MR) is 137 cm³/mol. The van der Waals surface area contributed by atoms with Crippen LogP contribution in [0.4, 0.5) is 4.39 Å². The van der Waals surface area contributed by atoms with E-state index in [0.717, 1.165) is 56.5 Å². The molecule has 8 heteroatoms. The number of aromatic nitrogens is 2. The Morgan fingerprint density at radius 3 is 2.54 bits per heavy atom. The summed E-state index contributed by atoms with van der Waals surface area (Å²) in [7, 11) is 0. The number of benzene rings is 2. The van der Waals surface area contributed by atoms with Gasteiger partial charge in [0.15, 0.2) is 0 Å². The molecule has 1 saturated heterocycles. The molecule has 0 radical (unpaired) electrons. The molecular weight excluding hydrogens is 469 g/mol. The second kappa shape index (κ2) is 10.7. The van der Waals surface area contributed by atoms with E-state index in [-0.39, 0.29) is 17.2 Å². The number of rotatable bonds is 6. The number of hydrogen-bond donors (Lipinski definition) is 1. The van der Waals surface area contributed by atoms with Crippen LogP contribution >= 0.6 is 0 Å². The lowest BCUT2D eigenvalue weighted by Gasteiger charge is -2.43. The first-order chi connectivity index (χ1) is 18.0. The lowest BCUT2D eigenvalue weighted by Crippen LogP contribution is -2.55. The Labute approximate surface area is 216 Å². The molecule has 5 rings (SSSR count). The second-order valence-corrected chi connectivity index (χ2v) is 10.2. The van der Waals surface area contributed by atoms with Crippen molar-refractivity contribution >= 4 is 5.91 Å². The van der Waals surface area contributed by atoms with Crippen molar-refractivity contribution in [3.8, 4) is 11.8 Å². The van der Waals surface area contributed by atoms with E-state index in [4.69, 9.17) is 0 Å². The molecule has 37 heavy (non-hydrogen) atoms. The lowest BCUT2D eigenvalue weighted by atomic mass is 9.68. The number of phenolic OH excluding ortho intramolecular Hbond substituents is 1. The van der Waals surface area contributed by atoms with Gasteiger partial charge in [0.2, 0.25) is 5.91 Å². The number of carbonyl (C=O) groups is 1. The first-order valence-electron chi connectivity index (χ1n) is 13.0. The monoisotopic (exact) mass is 501 g/mol. The van der Waals surface area contributed by atoms with Crippen molar-refractivity contribution in [1.29, 1.82) is 5.26 Å². The van der Waals surface area contributed by atoms with Crippen LogP contribution in [0.3, 0.4) is 0 Å². The predicted octanol–water partition coefficient (Wildman–Crippen LogP) is 4.19. The van der Waals surface area contributed by atoms with E-state index in [1.165, 1.54) is 6.07 Å². The zero-order chi connectivity index (χ0) is 25.8. The van der Waals surface area contributed by atoms with Gasteiger partial charge in [-0.15, -0.1) is 0 Å². The molecule has 1 N–H and O–H groups in total. The Balaban J connectivity index is 1.25. The summed E-state index contributed by atoms with van der Waals surface area (Å²) in [5.41, 5.74) is 2.05. The van der Waals surface area contributed by atoms with Crippen LogP contribution < -0.4 is 0 Å². The minimum Gasteiger partial charge on any atom is -0.508 e. The third-order valence-electron chi connectivity index (χ3n) is 7.91. The van der Waals surface area contributed by atoms with Crippen molar-refractivity contribution in [2.75, 3.05) is 26.2 Å². The summed E-state index contributed by atoms with van der Waals surface area (Å²) in [6.07, 6.45) is 8.33. The largest absolute Gasteiger partial charge is 0.508 e. The van der Waals surface area contributed by atoms with E-state index in [9.17, 15) is 19.6 Å². The summed E-state index contributed by atoms with van der Waals surface area (Å²) >= 11 is 0. The average Bonchev–Trinajstić information content (AvgIpc) is 3.35. The van der Waals surface area contributed by atoms with Gasteiger partial charge in [-0.2, -0.15) is 5.26 Å². The van der Waals surface area contributed by atoms with Crippen molar-refractivity contribution in [2.45, 2.75) is 50.6 Å². The van der Waals surface area contributed by atoms with Crippen LogP contribution in [0.1, 0.15) is 54.5 Å². The molecule has 2 aromatic carbocycles. The summed E-state index contributed by atoms with van der Waals surface area (Å²) in [5, 5.41) is 19.5. The minimum absolute atomic E-state index is 0.0673. The van der Waals surface area contributed by atoms with Gasteiger partial charge in [-0.3, -0.25) is 9.69 Å². The van der Waals surface area contributed by atoms with Crippen molar-refractivity contribution in [2.24, 2.45) is 0 Å². The van der Waals surface area contributed by atoms with Crippen molar-refractivity contribution < 1.29 is 14.3 Å². The van der Waals surface area contributed by atoms with Crippen LogP contribution in [-0.4, -0.2) is 56.5 Å². The van der Waals surface area contributed by atoms with Gasteiger partial charge in [-0.25, -0.2) is 9.37 Å². The third kappa shape index (κ3) is 5.09. The van der Waals surface area contributed by atoms with Crippen LogP contribution in [0.5, 0.6) is 5.75 Å². The molecule has 1 saturated carbocycles. The summed E-state index contributed by atoms with van der Waals surface area (Å²) < 4.78 is 16.0. The van der Waals surface area contributed by atoms with E-state index in [2.05, 4.69) is 9.88 Å². The highest BCUT2D eigenvalue weighted by Crippen LogP contribution is 2.42. The SMILES string of the molecule is N#Cc1c(F)cccc1Cn1cncc1CN1CCN(C(=O)C2(c3cccc(O)c3)CCCCC2)CC1. The highest BCUT2D eigenvalue weighted by molar-refractivity contribution is 5.88. The Kier molecular flexibility index (Phi) is 7.24. The molecule has 2 heterocycles. The van der Waals surface area contributed by atoms with E-state index >= 15 is 0 Å². The number of nitriles is 1. The smallest absolute Gasteiger partial charge is 0.233 e. The number of carbonyl (C=O) groups excluding carboxylic acids is 1. The number of nitrogens with zero attached hydrogens (tertiary/aromatic N) is 5. The normalized spacial score (nSPS) is 17.9. The highest BCUT2D eigenvalue weighted by atomic mass is 19.1. The first-order valence-corrected chi connectivity index (χ1v) is 13.0. The van der Waals surface area contributed by atoms with Crippen molar-refractivity contribution in [1.82, 2.24) is 19.4 Å². The van der Waals surface area contributed by atoms with E-state index < -0.39 is 11.2 Å². The Hall–Kier alpha value is -3.70. The molecule has 192 valence electrons. The maximum Gasteiger partial charge on any atom is 0.233 e. The van der Waals surface area contributed by atoms with Gasteiger partial charge >= 0.3 is 0 Å². The Bertz CT molecular complexity index is 1300. The van der Waals surface area contributed by atoms with E-state index in [0.29, 0.717) is 31.7 Å². The average molecular weight is 502 g/mol. The highest BCUT2D eigenvalue weighted by Gasteiger charge is 2.44. The molecule has 0 bridgehead atoms. The first kappa shape index (κ1) is 25.0. The van der Waals surface area contributed by atoms with Crippen LogP contribution in [-0.2, 0) is 23.3 Å². The number of imidazole rings is 1. The van der Waals surface area contributed by atoms with E-state index in [1.54, 1.807) is 30.6 Å². The van der Waals surface area contributed by atoms with Crippen LogP contribution in [0.2, 0.25) is 0 Å². The number of halogens is 1. The minimum atomic E-state index is -0.554. The lowest BCUT2D eigenvalue weighted by molar-refractivity contribution is -0.140. The van der Waals surface area contributed by atoms with Crippen LogP contribution in [0.25, 0.3) is 0 Å². The second-order valence-electron chi connectivity index (χ2n) is 10.2. The topological polar surface area (TPSA) is 85.4 Å². The summed E-state index contributed by atoms with van der Waals surface area (Å²) in [4.78, 5) is 22.5. The van der Waals surface area contributed by atoms with Gasteiger partial charge in [-0.05, 0) is 42.2 Å². The van der Waals surface area contributed by atoms with Gasteiger partial charge in [0, 0.05) is 38.9 Å². The molecule has 2 aliphatic rings. The van der Waals surface area contributed by atoms with E-state index in [1.807, 2.05) is 33.9 Å². The molecule has 1 aliphatic heterocycles. The van der Waals surface area contributed by atoms with Gasteiger partial charge in [0.1, 0.15) is 17.6 Å². The fourth-order valence-corrected chi connectivity index (χ4v) is 5.86. The number of hydrogen-bond acceptors (Lipinski definition) is 5. The van der Waals surface area contributed by atoms with Crippen LogP contribution in [0, 0.1) is 17.1 Å². The molecule has 0 spiro atoms. The molecule has 2 fully saturated rings. The number of aromatic hydroxyl groups is 1. The maximum absolute atomic E-state index is 14.0. The fraction of sp³-hybridized carbons (Fsp3) is 0.414. The quantitative estimate of drug-likeness (QED) is 0.547.